The fourth-order valence-electron chi connectivity index (χ4n) is 1.51. The Morgan fingerprint density at radius 3 is 2.90 bits per heavy atom. The smallest absolute Gasteiger partial charge is 0.256 e. The number of thiophene rings is 1. The van der Waals surface area contributed by atoms with Crippen LogP contribution in [0.15, 0.2) is 29.6 Å². The van der Waals surface area contributed by atoms with Crippen molar-refractivity contribution in [3.8, 4) is 11.8 Å². The normalized spacial score (nSPS) is 9.86. The minimum atomic E-state index is -0.706. The lowest BCUT2D eigenvalue weighted by Crippen LogP contribution is -2.12. The van der Waals surface area contributed by atoms with E-state index < -0.39 is 17.5 Å². The van der Waals surface area contributed by atoms with Crippen molar-refractivity contribution in [1.29, 1.82) is 0 Å². The zero-order valence-electron chi connectivity index (χ0n) is 10.8. The molecule has 2 rings (SSSR count). The van der Waals surface area contributed by atoms with E-state index in [0.717, 1.165) is 18.2 Å². The highest BCUT2D eigenvalue weighted by Crippen LogP contribution is 2.19. The van der Waals surface area contributed by atoms with Gasteiger partial charge in [-0.05, 0) is 18.2 Å². The van der Waals surface area contributed by atoms with Crippen LogP contribution in [0.2, 0.25) is 0 Å². The zero-order chi connectivity index (χ0) is 15.2. The number of anilines is 1. The van der Waals surface area contributed by atoms with Crippen LogP contribution in [0.5, 0.6) is 0 Å². The molecule has 0 aliphatic rings. The van der Waals surface area contributed by atoms with Crippen LogP contribution >= 0.6 is 11.3 Å². The maximum Gasteiger partial charge on any atom is 0.256 e. The van der Waals surface area contributed by atoms with Gasteiger partial charge in [-0.1, -0.05) is 11.8 Å². The van der Waals surface area contributed by atoms with Crippen LogP contribution in [-0.2, 0) is 0 Å². The molecule has 0 aliphatic carbocycles. The predicted octanol–water partition coefficient (Wildman–Crippen LogP) is 3.01. The highest BCUT2D eigenvalue weighted by Gasteiger charge is 2.11. The fourth-order valence-corrected chi connectivity index (χ4v) is 2.27. The topological polar surface area (TPSA) is 49.3 Å². The third kappa shape index (κ3) is 4.12. The fraction of sp³-hybridized carbons (Fsp3) is 0.133. The average molecular weight is 307 g/mol. The molecule has 3 nitrogen and oxygen atoms in total. The number of carbonyl (C=O) groups excluding carboxylic acids is 1. The van der Waals surface area contributed by atoms with Gasteiger partial charge < -0.3 is 10.4 Å². The van der Waals surface area contributed by atoms with Gasteiger partial charge in [0, 0.05) is 17.9 Å². The number of hydrogen-bond donors (Lipinski definition) is 2. The Kier molecular flexibility index (Phi) is 5.04. The maximum atomic E-state index is 13.4. The van der Waals surface area contributed by atoms with Crippen LogP contribution in [0.1, 0.15) is 21.7 Å². The van der Waals surface area contributed by atoms with Gasteiger partial charge >= 0.3 is 0 Å². The Bertz CT molecular complexity index is 716. The molecule has 108 valence electrons. The molecule has 21 heavy (non-hydrogen) atoms. The van der Waals surface area contributed by atoms with Crippen molar-refractivity contribution in [2.24, 2.45) is 0 Å². The first kappa shape index (κ1) is 15.2. The van der Waals surface area contributed by atoms with Crippen molar-refractivity contribution >= 4 is 22.9 Å². The van der Waals surface area contributed by atoms with E-state index in [1.807, 2.05) is 0 Å². The van der Waals surface area contributed by atoms with Gasteiger partial charge in [0.1, 0.15) is 11.6 Å². The summed E-state index contributed by atoms with van der Waals surface area (Å²) < 4.78 is 26.5. The molecule has 0 aliphatic heterocycles. The number of benzene rings is 1. The van der Waals surface area contributed by atoms with Crippen LogP contribution in [0, 0.1) is 23.5 Å². The molecule has 2 aromatic rings. The number of hydrogen-bond acceptors (Lipinski definition) is 3. The Labute approximate surface area is 124 Å². The SMILES string of the molecule is O=C(Nc1cc(F)ccc1F)c1csc(C#CCCO)c1. The summed E-state index contributed by atoms with van der Waals surface area (Å²) in [5.74, 6) is 3.67. The molecule has 1 aromatic carbocycles. The van der Waals surface area contributed by atoms with Crippen LogP contribution in [0.25, 0.3) is 0 Å². The van der Waals surface area contributed by atoms with Crippen LogP contribution in [-0.4, -0.2) is 17.6 Å². The van der Waals surface area contributed by atoms with E-state index in [9.17, 15) is 13.6 Å². The van der Waals surface area contributed by atoms with E-state index in [1.54, 1.807) is 11.4 Å². The molecule has 0 saturated carbocycles. The number of nitrogens with one attached hydrogen (secondary N) is 1. The van der Waals surface area contributed by atoms with Crippen molar-refractivity contribution in [2.45, 2.75) is 6.42 Å². The Morgan fingerprint density at radius 1 is 1.33 bits per heavy atom. The van der Waals surface area contributed by atoms with Gasteiger partial charge in [-0.15, -0.1) is 11.3 Å². The van der Waals surface area contributed by atoms with Crippen molar-refractivity contribution in [1.82, 2.24) is 0 Å². The molecular formula is C15H11F2NO2S. The lowest BCUT2D eigenvalue weighted by atomic mass is 10.2. The summed E-state index contributed by atoms with van der Waals surface area (Å²) in [6, 6.07) is 4.40. The van der Waals surface area contributed by atoms with E-state index in [-0.39, 0.29) is 12.3 Å². The van der Waals surface area contributed by atoms with Gasteiger partial charge in [0.15, 0.2) is 0 Å². The summed E-state index contributed by atoms with van der Waals surface area (Å²) in [7, 11) is 0. The first-order chi connectivity index (χ1) is 10.1. The molecule has 1 heterocycles. The second kappa shape index (κ2) is 6.97. The number of aliphatic hydroxyl groups excluding tert-OH is 1. The minimum Gasteiger partial charge on any atom is -0.395 e. The Hall–Kier alpha value is -2.23. The number of carbonyl (C=O) groups is 1. The predicted molar refractivity (Wildman–Crippen MR) is 77.2 cm³/mol. The second-order valence-corrected chi connectivity index (χ2v) is 4.96. The van der Waals surface area contributed by atoms with E-state index in [4.69, 9.17) is 5.11 Å². The Balaban J connectivity index is 2.11. The summed E-state index contributed by atoms with van der Waals surface area (Å²) in [5.41, 5.74) is 0.107. The van der Waals surface area contributed by atoms with Crippen LogP contribution < -0.4 is 5.32 Å². The molecule has 0 spiro atoms. The maximum absolute atomic E-state index is 13.4. The lowest BCUT2D eigenvalue weighted by Gasteiger charge is -2.04. The van der Waals surface area contributed by atoms with E-state index in [2.05, 4.69) is 17.2 Å². The van der Waals surface area contributed by atoms with Crippen molar-refractivity contribution in [3.05, 3.63) is 51.7 Å². The molecule has 0 fully saturated rings. The summed E-state index contributed by atoms with van der Waals surface area (Å²) in [6.45, 7) is -0.0232. The third-order valence-corrected chi connectivity index (χ3v) is 3.33. The quantitative estimate of drug-likeness (QED) is 0.856. The van der Waals surface area contributed by atoms with Gasteiger partial charge in [0.2, 0.25) is 0 Å². The minimum absolute atomic E-state index is 0.0232. The molecule has 0 atom stereocenters. The van der Waals surface area contributed by atoms with Gasteiger partial charge in [-0.2, -0.15) is 0 Å². The van der Waals surface area contributed by atoms with Crippen molar-refractivity contribution < 1.29 is 18.7 Å². The molecule has 1 amide bonds. The second-order valence-electron chi connectivity index (χ2n) is 4.05. The number of aliphatic hydroxyl groups is 1. The summed E-state index contributed by atoms with van der Waals surface area (Å²) in [4.78, 5) is 12.6. The van der Waals surface area contributed by atoms with Gasteiger partial charge in [-0.3, -0.25) is 4.79 Å². The molecular weight excluding hydrogens is 296 g/mol. The molecule has 6 heteroatoms. The first-order valence-electron chi connectivity index (χ1n) is 6.05. The first-order valence-corrected chi connectivity index (χ1v) is 6.93. The Morgan fingerprint density at radius 2 is 2.14 bits per heavy atom. The summed E-state index contributed by atoms with van der Waals surface area (Å²) in [6.07, 6.45) is 0.355. The largest absolute Gasteiger partial charge is 0.395 e. The van der Waals surface area contributed by atoms with Crippen molar-refractivity contribution in [2.75, 3.05) is 11.9 Å². The van der Waals surface area contributed by atoms with Crippen molar-refractivity contribution in [3.63, 3.8) is 0 Å². The lowest BCUT2D eigenvalue weighted by molar-refractivity contribution is 0.102. The standard InChI is InChI=1S/C15H11F2NO2S/c16-11-4-5-13(17)14(8-11)18-15(20)10-7-12(21-9-10)3-1-2-6-19/h4-5,7-9,19H,2,6H2,(H,18,20). The highest BCUT2D eigenvalue weighted by molar-refractivity contribution is 7.10. The van der Waals surface area contributed by atoms with Crippen LogP contribution in [0.4, 0.5) is 14.5 Å². The number of rotatable bonds is 3. The summed E-state index contributed by atoms with van der Waals surface area (Å²) >= 11 is 1.26. The molecule has 1 aromatic heterocycles. The summed E-state index contributed by atoms with van der Waals surface area (Å²) in [5, 5.41) is 12.5. The van der Waals surface area contributed by atoms with Gasteiger partial charge in [-0.25, -0.2) is 8.78 Å². The zero-order valence-corrected chi connectivity index (χ0v) is 11.6. The molecule has 0 radical (unpaired) electrons. The number of halogens is 2. The molecule has 2 N–H and O–H groups in total. The molecule has 0 unspecified atom stereocenters. The van der Waals surface area contributed by atoms with Gasteiger partial charge in [0.25, 0.3) is 5.91 Å². The van der Waals surface area contributed by atoms with Gasteiger partial charge in [0.05, 0.1) is 22.7 Å². The molecule has 0 bridgehead atoms. The van der Waals surface area contributed by atoms with Crippen LogP contribution in [0.3, 0.4) is 0 Å². The monoisotopic (exact) mass is 307 g/mol. The highest BCUT2D eigenvalue weighted by atomic mass is 32.1. The van der Waals surface area contributed by atoms with E-state index >= 15 is 0 Å². The average Bonchev–Trinajstić information content (AvgIpc) is 2.92. The van der Waals surface area contributed by atoms with E-state index in [0.29, 0.717) is 16.9 Å². The number of amides is 1. The van der Waals surface area contributed by atoms with E-state index in [1.165, 1.54) is 11.3 Å². The third-order valence-electron chi connectivity index (χ3n) is 2.49. The molecule has 0 saturated heterocycles.